The number of hydrogen-bond donors (Lipinski definition) is 2. The fourth-order valence-electron chi connectivity index (χ4n) is 1.68. The number of rotatable bonds is 4. The average molecular weight is 380 g/mol. The van der Waals surface area contributed by atoms with Crippen LogP contribution in [0.4, 0.5) is 0 Å². The molecule has 0 unspecified atom stereocenters. The Hall–Kier alpha value is -2.59. The molecular weight excluding hydrogens is 364 g/mol. The molecule has 25 heavy (non-hydrogen) atoms. The average Bonchev–Trinajstić information content (AvgIpc) is 3.28. The van der Waals surface area contributed by atoms with Crippen LogP contribution in [0, 0.1) is 13.8 Å². The van der Waals surface area contributed by atoms with Gasteiger partial charge in [0.1, 0.15) is 32.9 Å². The number of nitrogens with zero attached hydrogens (tertiary/aromatic N) is 3. The monoisotopic (exact) mass is 380 g/mol. The Labute approximate surface area is 152 Å². The number of thiocarbonyl (C=S) groups is 1. The smallest absolute Gasteiger partial charge is 0.355 e. The normalized spacial score (nSPS) is 10.0. The van der Waals surface area contributed by atoms with Gasteiger partial charge in [-0.3, -0.25) is 0 Å². The predicted molar refractivity (Wildman–Crippen MR) is 95.9 cm³/mol. The van der Waals surface area contributed by atoms with Crippen LogP contribution in [-0.4, -0.2) is 37.9 Å². The highest BCUT2D eigenvalue weighted by molar-refractivity contribution is 7.80. The van der Waals surface area contributed by atoms with Crippen molar-refractivity contribution in [3.8, 4) is 10.7 Å². The first-order valence-corrected chi connectivity index (χ1v) is 8.53. The van der Waals surface area contributed by atoms with Gasteiger partial charge in [-0.15, -0.1) is 11.3 Å². The highest BCUT2D eigenvalue weighted by Crippen LogP contribution is 2.22. The van der Waals surface area contributed by atoms with E-state index in [1.807, 2.05) is 19.9 Å². The van der Waals surface area contributed by atoms with E-state index in [0.717, 1.165) is 12.3 Å². The number of aryl methyl sites for hydroxylation is 2. The van der Waals surface area contributed by atoms with Gasteiger partial charge in [-0.25, -0.2) is 9.78 Å². The molecule has 0 bridgehead atoms. The van der Waals surface area contributed by atoms with Crippen molar-refractivity contribution in [2.24, 2.45) is 0 Å². The van der Waals surface area contributed by atoms with Gasteiger partial charge < -0.3 is 19.5 Å². The summed E-state index contributed by atoms with van der Waals surface area (Å²) in [6.45, 7) is 6.40. The highest BCUT2D eigenvalue weighted by Gasteiger charge is 2.12. The molecule has 2 N–H and O–H groups in total. The molecule has 3 aromatic rings. The van der Waals surface area contributed by atoms with E-state index in [-0.39, 0.29) is 5.69 Å². The van der Waals surface area contributed by atoms with Crippen molar-refractivity contribution in [3.63, 3.8) is 0 Å². The van der Waals surface area contributed by atoms with Gasteiger partial charge in [-0.05, 0) is 20.8 Å². The summed E-state index contributed by atoms with van der Waals surface area (Å²) in [5.74, 6) is 0.417. The zero-order valence-corrected chi connectivity index (χ0v) is 15.4. The lowest BCUT2D eigenvalue weighted by Crippen LogP contribution is -2.21. The Morgan fingerprint density at radius 1 is 1.24 bits per heavy atom. The zero-order chi connectivity index (χ0) is 18.4. The molecule has 0 radical (unpaired) electrons. The van der Waals surface area contributed by atoms with Gasteiger partial charge in [0.2, 0.25) is 0 Å². The Kier molecular flexibility index (Phi) is 6.37. The van der Waals surface area contributed by atoms with Crippen molar-refractivity contribution in [1.29, 1.82) is 0 Å². The molecule has 0 fully saturated rings. The molecule has 0 aliphatic carbocycles. The van der Waals surface area contributed by atoms with Gasteiger partial charge >= 0.3 is 5.97 Å². The summed E-state index contributed by atoms with van der Waals surface area (Å²) >= 11 is 6.23. The quantitative estimate of drug-likeness (QED) is 0.659. The first-order valence-electron chi connectivity index (χ1n) is 7.24. The van der Waals surface area contributed by atoms with Gasteiger partial charge in [0.25, 0.3) is 0 Å². The Morgan fingerprint density at radius 3 is 2.40 bits per heavy atom. The third-order valence-electron chi connectivity index (χ3n) is 2.77. The topological polar surface area (TPSA) is 114 Å². The van der Waals surface area contributed by atoms with Gasteiger partial charge in [0.15, 0.2) is 5.69 Å². The second-order valence-corrected chi connectivity index (χ2v) is 6.11. The van der Waals surface area contributed by atoms with Crippen LogP contribution in [0.15, 0.2) is 26.6 Å². The van der Waals surface area contributed by atoms with E-state index in [2.05, 4.69) is 20.6 Å². The molecule has 0 atom stereocenters. The van der Waals surface area contributed by atoms with E-state index >= 15 is 0 Å². The minimum atomic E-state index is -1.03. The lowest BCUT2D eigenvalue weighted by Gasteiger charge is -1.98. The molecular formula is C15H16N4O4S2. The number of aromatic nitrogens is 3. The first-order chi connectivity index (χ1) is 11.9. The molecule has 0 aliphatic heterocycles. The summed E-state index contributed by atoms with van der Waals surface area (Å²) in [7, 11) is 0. The van der Waals surface area contributed by atoms with Crippen LogP contribution >= 0.6 is 23.6 Å². The molecule has 0 spiro atoms. The summed E-state index contributed by atoms with van der Waals surface area (Å²) in [5.41, 5.74) is 1.31. The third kappa shape index (κ3) is 5.19. The van der Waals surface area contributed by atoms with Crippen molar-refractivity contribution in [2.45, 2.75) is 20.8 Å². The number of thiazole rings is 1. The number of carboxylic acid groups (broad SMARTS) is 1. The Bertz CT molecular complexity index is 868. The highest BCUT2D eigenvalue weighted by atomic mass is 32.1. The van der Waals surface area contributed by atoms with Crippen molar-refractivity contribution in [2.75, 3.05) is 6.54 Å². The number of carbonyl (C=O) groups is 1. The second kappa shape index (κ2) is 8.49. The summed E-state index contributed by atoms with van der Waals surface area (Å²) in [5, 5.41) is 21.2. The fourth-order valence-corrected chi connectivity index (χ4v) is 2.67. The molecule has 3 heterocycles. The molecule has 0 aliphatic rings. The molecule has 0 saturated heterocycles. The minimum absolute atomic E-state index is 0.0330. The molecule has 132 valence electrons. The first kappa shape index (κ1) is 18.7. The third-order valence-corrected chi connectivity index (χ3v) is 3.99. The van der Waals surface area contributed by atoms with Crippen LogP contribution in [0.1, 0.15) is 34.6 Å². The number of aromatic carboxylic acids is 1. The van der Waals surface area contributed by atoms with E-state index in [0.29, 0.717) is 27.1 Å². The maximum atomic E-state index is 10.6. The maximum absolute atomic E-state index is 10.6. The van der Waals surface area contributed by atoms with E-state index in [1.54, 1.807) is 13.0 Å². The van der Waals surface area contributed by atoms with Crippen molar-refractivity contribution >= 4 is 34.5 Å². The zero-order valence-electron chi connectivity index (χ0n) is 13.8. The number of carboxylic acids is 1. The van der Waals surface area contributed by atoms with Crippen molar-refractivity contribution in [1.82, 2.24) is 20.6 Å². The SMILES string of the molecule is CCNC(=S)c1cc(C)on1.Cc1cc(-c2nc(C(=O)O)cs2)no1. The van der Waals surface area contributed by atoms with Gasteiger partial charge in [-0.1, -0.05) is 22.5 Å². The van der Waals surface area contributed by atoms with Crippen molar-refractivity contribution < 1.29 is 18.9 Å². The van der Waals surface area contributed by atoms with Crippen LogP contribution in [0.2, 0.25) is 0 Å². The molecule has 3 aromatic heterocycles. The molecule has 0 aromatic carbocycles. The summed E-state index contributed by atoms with van der Waals surface area (Å²) in [4.78, 5) is 15.1. The second-order valence-electron chi connectivity index (χ2n) is 4.85. The molecule has 0 saturated carbocycles. The lowest BCUT2D eigenvalue weighted by atomic mass is 10.4. The predicted octanol–water partition coefficient (Wildman–Crippen LogP) is 3.07. The molecule has 3 rings (SSSR count). The summed E-state index contributed by atoms with van der Waals surface area (Å²) < 4.78 is 9.71. The minimum Gasteiger partial charge on any atom is -0.476 e. The van der Waals surface area contributed by atoms with Crippen LogP contribution in [0.25, 0.3) is 10.7 Å². The molecule has 10 heteroatoms. The van der Waals surface area contributed by atoms with E-state index in [1.165, 1.54) is 16.7 Å². The van der Waals surface area contributed by atoms with E-state index in [9.17, 15) is 4.79 Å². The molecule has 8 nitrogen and oxygen atoms in total. The number of hydrogen-bond acceptors (Lipinski definition) is 8. The van der Waals surface area contributed by atoms with Crippen LogP contribution < -0.4 is 5.32 Å². The standard InChI is InChI=1S/C8H6N2O3S.C7H10N2OS/c1-4-2-5(10-13-4)7-9-6(3-14-7)8(11)12;1-3-8-7(11)6-4-5(2)10-9-6/h2-3H,1H3,(H,11,12);4H,3H2,1-2H3,(H,8,11). The van der Waals surface area contributed by atoms with Crippen molar-refractivity contribution in [3.05, 3.63) is 40.4 Å². The largest absolute Gasteiger partial charge is 0.476 e. The summed E-state index contributed by atoms with van der Waals surface area (Å²) in [6, 6.07) is 3.52. The van der Waals surface area contributed by atoms with Gasteiger partial charge in [-0.2, -0.15) is 0 Å². The van der Waals surface area contributed by atoms with E-state index < -0.39 is 5.97 Å². The number of nitrogens with one attached hydrogen (secondary N) is 1. The van der Waals surface area contributed by atoms with Gasteiger partial charge in [0.05, 0.1) is 0 Å². The lowest BCUT2D eigenvalue weighted by molar-refractivity contribution is 0.0691. The fraction of sp³-hybridized carbons (Fsp3) is 0.267. The Morgan fingerprint density at radius 2 is 1.92 bits per heavy atom. The Balaban J connectivity index is 0.000000186. The molecule has 0 amide bonds. The van der Waals surface area contributed by atoms with Crippen LogP contribution in [0.3, 0.4) is 0 Å². The van der Waals surface area contributed by atoms with Crippen LogP contribution in [-0.2, 0) is 0 Å². The van der Waals surface area contributed by atoms with Crippen LogP contribution in [0.5, 0.6) is 0 Å². The maximum Gasteiger partial charge on any atom is 0.355 e. The summed E-state index contributed by atoms with van der Waals surface area (Å²) in [6.07, 6.45) is 0. The van der Waals surface area contributed by atoms with Gasteiger partial charge in [0, 0.05) is 24.1 Å². The van der Waals surface area contributed by atoms with E-state index in [4.69, 9.17) is 26.4 Å².